The van der Waals surface area contributed by atoms with Gasteiger partial charge < -0.3 is 14.1 Å². The largest absolute Gasteiger partial charge is 0.470 e. The predicted molar refractivity (Wildman–Crippen MR) is 137 cm³/mol. The Kier molecular flexibility index (Phi) is 8.54. The summed E-state index contributed by atoms with van der Waals surface area (Å²) in [4.78, 5) is 31.3. The smallest absolute Gasteiger partial charge is 0.465 e. The Bertz CT molecular complexity index is 1250. The lowest BCUT2D eigenvalue weighted by Gasteiger charge is -2.45. The molecule has 2 atom stereocenters. The van der Waals surface area contributed by atoms with Gasteiger partial charge in [0.25, 0.3) is 0 Å². The molecular weight excluding hydrogens is 515 g/mol. The van der Waals surface area contributed by atoms with E-state index in [0.717, 1.165) is 5.56 Å². The standard InChI is InChI=1S/C27H30F3N5O4/c1-4-38-23(36)17-34-18(2)14-33(15-19(34)3)26(37)35(22-8-6-5-7-9-22)16-20-10-12-21(13-11-20)24-31-32-25(39-24)27(28,29)30/h5-13,18-19H,4,14-17H2,1-3H3/t18-,19+. The molecule has 9 nitrogen and oxygen atoms in total. The van der Waals surface area contributed by atoms with Crippen LogP contribution in [0, 0.1) is 0 Å². The van der Waals surface area contributed by atoms with Gasteiger partial charge in [0, 0.05) is 36.4 Å². The number of esters is 1. The zero-order valence-electron chi connectivity index (χ0n) is 21.9. The Labute approximate surface area is 224 Å². The van der Waals surface area contributed by atoms with Gasteiger partial charge in [-0.1, -0.05) is 30.3 Å². The fourth-order valence-electron chi connectivity index (χ4n) is 4.62. The molecule has 4 rings (SSSR count). The molecule has 2 aromatic carbocycles. The molecule has 0 N–H and O–H groups in total. The summed E-state index contributed by atoms with van der Waals surface area (Å²) in [6, 6.07) is 15.5. The minimum Gasteiger partial charge on any atom is -0.465 e. The van der Waals surface area contributed by atoms with Gasteiger partial charge in [-0.25, -0.2) is 4.79 Å². The summed E-state index contributed by atoms with van der Waals surface area (Å²) in [5, 5.41) is 6.55. The number of rotatable bonds is 7. The topological polar surface area (TPSA) is 92.0 Å². The van der Waals surface area contributed by atoms with Crippen molar-refractivity contribution < 1.29 is 31.9 Å². The van der Waals surface area contributed by atoms with Crippen LogP contribution in [0.3, 0.4) is 0 Å². The van der Waals surface area contributed by atoms with Gasteiger partial charge in [0.05, 0.1) is 19.7 Å². The second-order valence-corrected chi connectivity index (χ2v) is 9.39. The molecule has 3 aromatic rings. The summed E-state index contributed by atoms with van der Waals surface area (Å²) in [6.07, 6.45) is -4.72. The van der Waals surface area contributed by atoms with E-state index in [1.165, 1.54) is 0 Å². The van der Waals surface area contributed by atoms with Gasteiger partial charge in [-0.3, -0.25) is 14.6 Å². The van der Waals surface area contributed by atoms with Gasteiger partial charge in [-0.15, -0.1) is 10.2 Å². The Balaban J connectivity index is 1.50. The second kappa shape index (κ2) is 11.9. The molecule has 0 saturated carbocycles. The van der Waals surface area contributed by atoms with E-state index in [-0.39, 0.29) is 43.1 Å². The van der Waals surface area contributed by atoms with E-state index in [2.05, 4.69) is 10.2 Å². The summed E-state index contributed by atoms with van der Waals surface area (Å²) in [5.74, 6) is -1.94. The monoisotopic (exact) mass is 545 g/mol. The minimum atomic E-state index is -4.72. The number of urea groups is 1. The maximum absolute atomic E-state index is 13.8. The molecule has 1 aromatic heterocycles. The summed E-state index contributed by atoms with van der Waals surface area (Å²) in [7, 11) is 0. The Hall–Kier alpha value is -3.93. The summed E-state index contributed by atoms with van der Waals surface area (Å²) in [5.41, 5.74) is 1.79. The van der Waals surface area contributed by atoms with Crippen molar-refractivity contribution in [2.75, 3.05) is 31.1 Å². The van der Waals surface area contributed by atoms with Crippen LogP contribution in [0.4, 0.5) is 23.7 Å². The first-order valence-electron chi connectivity index (χ1n) is 12.6. The van der Waals surface area contributed by atoms with Gasteiger partial charge in [-0.05, 0) is 50.6 Å². The number of nitrogens with zero attached hydrogens (tertiary/aromatic N) is 5. The first-order valence-corrected chi connectivity index (χ1v) is 12.6. The normalized spacial score (nSPS) is 18.2. The average molecular weight is 546 g/mol. The molecule has 1 aliphatic heterocycles. The number of para-hydroxylation sites is 1. The maximum Gasteiger partial charge on any atom is 0.470 e. The minimum absolute atomic E-state index is 0.0602. The van der Waals surface area contributed by atoms with Crippen molar-refractivity contribution in [1.82, 2.24) is 20.0 Å². The average Bonchev–Trinajstić information content (AvgIpc) is 3.41. The number of ether oxygens (including phenoxy) is 1. The van der Waals surface area contributed by atoms with Gasteiger partial charge in [0.2, 0.25) is 5.89 Å². The van der Waals surface area contributed by atoms with E-state index in [4.69, 9.17) is 9.15 Å². The lowest BCUT2D eigenvalue weighted by molar-refractivity contribution is -0.157. The van der Waals surface area contributed by atoms with Crippen LogP contribution in [0.2, 0.25) is 0 Å². The van der Waals surface area contributed by atoms with Crippen LogP contribution in [-0.2, 0) is 22.3 Å². The highest BCUT2D eigenvalue weighted by Gasteiger charge is 2.38. The van der Waals surface area contributed by atoms with Gasteiger partial charge in [0.1, 0.15) is 0 Å². The molecule has 12 heteroatoms. The highest BCUT2D eigenvalue weighted by Crippen LogP contribution is 2.30. The molecule has 39 heavy (non-hydrogen) atoms. The van der Waals surface area contributed by atoms with E-state index in [1.807, 2.05) is 49.1 Å². The van der Waals surface area contributed by atoms with Gasteiger partial charge in [-0.2, -0.15) is 13.2 Å². The van der Waals surface area contributed by atoms with Crippen LogP contribution in [0.25, 0.3) is 11.5 Å². The fourth-order valence-corrected chi connectivity index (χ4v) is 4.62. The summed E-state index contributed by atoms with van der Waals surface area (Å²) < 4.78 is 48.3. The molecule has 2 amide bonds. The number of carbonyl (C=O) groups is 2. The number of halogens is 3. The SMILES string of the molecule is CCOC(=O)CN1[C@H](C)CN(C(=O)N(Cc2ccc(-c3nnc(C(F)(F)F)o3)cc2)c2ccccc2)C[C@@H]1C. The first-order chi connectivity index (χ1) is 18.6. The number of piperazine rings is 1. The van der Waals surface area contributed by atoms with Crippen molar-refractivity contribution >= 4 is 17.7 Å². The van der Waals surface area contributed by atoms with E-state index in [0.29, 0.717) is 30.9 Å². The highest BCUT2D eigenvalue weighted by atomic mass is 19.4. The van der Waals surface area contributed by atoms with Crippen LogP contribution in [0.5, 0.6) is 0 Å². The third-order valence-electron chi connectivity index (χ3n) is 6.50. The Morgan fingerprint density at radius 3 is 2.23 bits per heavy atom. The van der Waals surface area contributed by atoms with Crippen molar-refractivity contribution in [3.05, 3.63) is 66.1 Å². The van der Waals surface area contributed by atoms with Crippen LogP contribution in [0.1, 0.15) is 32.2 Å². The Morgan fingerprint density at radius 2 is 1.67 bits per heavy atom. The van der Waals surface area contributed by atoms with Crippen molar-refractivity contribution in [1.29, 1.82) is 0 Å². The van der Waals surface area contributed by atoms with Crippen molar-refractivity contribution in [3.8, 4) is 11.5 Å². The molecule has 1 saturated heterocycles. The van der Waals surface area contributed by atoms with E-state index in [1.54, 1.807) is 41.0 Å². The van der Waals surface area contributed by atoms with Crippen molar-refractivity contribution in [2.24, 2.45) is 0 Å². The summed E-state index contributed by atoms with van der Waals surface area (Å²) >= 11 is 0. The quantitative estimate of drug-likeness (QED) is 0.393. The fraction of sp³-hybridized carbons (Fsp3) is 0.407. The number of alkyl halides is 3. The van der Waals surface area contributed by atoms with Gasteiger partial charge >= 0.3 is 24.1 Å². The Morgan fingerprint density at radius 1 is 1.03 bits per heavy atom. The van der Waals surface area contributed by atoms with Gasteiger partial charge in [0.15, 0.2) is 0 Å². The van der Waals surface area contributed by atoms with Crippen LogP contribution in [-0.4, -0.2) is 70.3 Å². The number of amides is 2. The molecule has 2 heterocycles. The third-order valence-corrected chi connectivity index (χ3v) is 6.50. The molecular formula is C27H30F3N5O4. The molecule has 0 bridgehead atoms. The molecule has 0 unspecified atom stereocenters. The molecule has 0 spiro atoms. The molecule has 208 valence electrons. The van der Waals surface area contributed by atoms with Crippen LogP contribution in [0.15, 0.2) is 59.0 Å². The van der Waals surface area contributed by atoms with E-state index >= 15 is 0 Å². The number of benzene rings is 2. The van der Waals surface area contributed by atoms with E-state index < -0.39 is 12.1 Å². The summed E-state index contributed by atoms with van der Waals surface area (Å²) in [6.45, 7) is 7.29. The van der Waals surface area contributed by atoms with Crippen molar-refractivity contribution in [2.45, 2.75) is 45.6 Å². The second-order valence-electron chi connectivity index (χ2n) is 9.39. The van der Waals surface area contributed by atoms with Crippen LogP contribution >= 0.6 is 0 Å². The molecule has 0 radical (unpaired) electrons. The molecule has 1 fully saturated rings. The maximum atomic E-state index is 13.8. The zero-order chi connectivity index (χ0) is 28.2. The lowest BCUT2D eigenvalue weighted by Crippen LogP contribution is -2.61. The first kappa shape index (κ1) is 28.1. The number of hydrogen-bond acceptors (Lipinski definition) is 7. The zero-order valence-corrected chi connectivity index (χ0v) is 21.9. The van der Waals surface area contributed by atoms with Crippen molar-refractivity contribution in [3.63, 3.8) is 0 Å². The predicted octanol–water partition coefficient (Wildman–Crippen LogP) is 4.84. The third kappa shape index (κ3) is 6.75. The number of carbonyl (C=O) groups excluding carboxylic acids is 2. The molecule has 0 aliphatic carbocycles. The van der Waals surface area contributed by atoms with E-state index in [9.17, 15) is 22.8 Å². The highest BCUT2D eigenvalue weighted by molar-refractivity contribution is 5.92. The number of aromatic nitrogens is 2. The van der Waals surface area contributed by atoms with Crippen LogP contribution < -0.4 is 4.90 Å². The lowest BCUT2D eigenvalue weighted by atomic mass is 10.1. The molecule has 1 aliphatic rings. The number of anilines is 1. The number of hydrogen-bond donors (Lipinski definition) is 0.